The van der Waals surface area contributed by atoms with Gasteiger partial charge in [0, 0.05) is 32.9 Å². The molecule has 3 rings (SSSR count). The van der Waals surface area contributed by atoms with E-state index in [0.717, 1.165) is 38.9 Å². The molecule has 8 nitrogen and oxygen atoms in total. The number of aryl methyl sites for hydroxylation is 2. The third-order valence-electron chi connectivity index (χ3n) is 5.28. The summed E-state index contributed by atoms with van der Waals surface area (Å²) >= 11 is 1.00. The zero-order chi connectivity index (χ0) is 22.8. The highest BCUT2D eigenvalue weighted by atomic mass is 32.2. The van der Waals surface area contributed by atoms with E-state index in [1.165, 1.54) is 20.2 Å². The molecular weight excluding hydrogens is 436 g/mol. The van der Waals surface area contributed by atoms with Crippen molar-refractivity contribution < 1.29 is 18.0 Å². The van der Waals surface area contributed by atoms with E-state index in [1.54, 1.807) is 11.0 Å². The minimum absolute atomic E-state index is 0.0957. The Balaban J connectivity index is 1.62. The number of hydrogen-bond acceptors (Lipinski definition) is 5. The van der Waals surface area contributed by atoms with Gasteiger partial charge in [-0.05, 0) is 56.0 Å². The molecule has 2 heterocycles. The number of nitrogens with one attached hydrogen (secondary N) is 2. The predicted molar refractivity (Wildman–Crippen MR) is 123 cm³/mol. The number of thiophene rings is 1. The highest BCUT2D eigenvalue weighted by Crippen LogP contribution is 2.28. The largest absolute Gasteiger partial charge is 0.326 e. The minimum Gasteiger partial charge on any atom is -0.326 e. The van der Waals surface area contributed by atoms with E-state index in [0.29, 0.717) is 24.5 Å². The lowest BCUT2D eigenvalue weighted by atomic mass is 9.97. The standard InChI is InChI=1S/C21H28N4O4S2/c1-14-7-8-15(2)17(12-14)22-20(26)16-6-5-11-25(13-16)21(27)23-18-9-10-19(30-18)31(28,29)24(3)4/h7-10,12,16H,5-6,11,13H2,1-4H3,(H,22,26)(H,23,27). The van der Waals surface area contributed by atoms with Gasteiger partial charge in [-0.3, -0.25) is 10.1 Å². The van der Waals surface area contributed by atoms with Gasteiger partial charge < -0.3 is 10.2 Å². The second kappa shape index (κ2) is 9.37. The van der Waals surface area contributed by atoms with Crippen LogP contribution in [0.1, 0.15) is 24.0 Å². The van der Waals surface area contributed by atoms with Gasteiger partial charge >= 0.3 is 6.03 Å². The summed E-state index contributed by atoms with van der Waals surface area (Å²) in [5.74, 6) is -0.394. The van der Waals surface area contributed by atoms with Crippen molar-refractivity contribution in [2.24, 2.45) is 5.92 Å². The first-order valence-corrected chi connectivity index (χ1v) is 12.3. The molecule has 31 heavy (non-hydrogen) atoms. The molecule has 3 amide bonds. The maximum Gasteiger partial charge on any atom is 0.322 e. The fourth-order valence-corrected chi connectivity index (χ4v) is 5.74. The van der Waals surface area contributed by atoms with E-state index < -0.39 is 10.0 Å². The van der Waals surface area contributed by atoms with Gasteiger partial charge in [0.1, 0.15) is 4.21 Å². The predicted octanol–water partition coefficient (Wildman–Crippen LogP) is 3.50. The summed E-state index contributed by atoms with van der Waals surface area (Å²) < 4.78 is 25.7. The summed E-state index contributed by atoms with van der Waals surface area (Å²) in [4.78, 5) is 27.1. The Morgan fingerprint density at radius 1 is 1.13 bits per heavy atom. The number of benzene rings is 1. The molecule has 0 bridgehead atoms. The summed E-state index contributed by atoms with van der Waals surface area (Å²) in [5, 5.41) is 6.20. The molecule has 10 heteroatoms. The number of anilines is 2. The molecule has 2 N–H and O–H groups in total. The first-order valence-electron chi connectivity index (χ1n) is 10.0. The van der Waals surface area contributed by atoms with Crippen molar-refractivity contribution in [3.63, 3.8) is 0 Å². The molecule has 1 unspecified atom stereocenters. The van der Waals surface area contributed by atoms with Crippen LogP contribution in [0.2, 0.25) is 0 Å². The van der Waals surface area contributed by atoms with E-state index in [4.69, 9.17) is 0 Å². The lowest BCUT2D eigenvalue weighted by Gasteiger charge is -2.32. The third-order valence-corrected chi connectivity index (χ3v) is 8.56. The third kappa shape index (κ3) is 5.44. The van der Waals surface area contributed by atoms with Crippen LogP contribution in [-0.4, -0.2) is 56.7 Å². The summed E-state index contributed by atoms with van der Waals surface area (Å²) in [6, 6.07) is 8.63. The Kier molecular flexibility index (Phi) is 7.03. The number of urea groups is 1. The monoisotopic (exact) mass is 464 g/mol. The lowest BCUT2D eigenvalue weighted by molar-refractivity contribution is -0.121. The summed E-state index contributed by atoms with van der Waals surface area (Å²) in [5.41, 5.74) is 2.85. The number of rotatable bonds is 5. The van der Waals surface area contributed by atoms with Crippen LogP contribution in [0.3, 0.4) is 0 Å². The van der Waals surface area contributed by atoms with Crippen LogP contribution in [-0.2, 0) is 14.8 Å². The Morgan fingerprint density at radius 2 is 1.87 bits per heavy atom. The van der Waals surface area contributed by atoms with Gasteiger partial charge in [0.25, 0.3) is 10.0 Å². The highest BCUT2D eigenvalue weighted by Gasteiger charge is 2.29. The molecule has 1 aliphatic rings. The number of likely N-dealkylation sites (tertiary alicyclic amines) is 1. The molecule has 1 aromatic heterocycles. The van der Waals surface area contributed by atoms with E-state index in [-0.39, 0.29) is 22.1 Å². The van der Waals surface area contributed by atoms with Gasteiger partial charge in [0.15, 0.2) is 0 Å². The normalized spacial score (nSPS) is 16.9. The van der Waals surface area contributed by atoms with E-state index in [1.807, 2.05) is 32.0 Å². The Morgan fingerprint density at radius 3 is 2.58 bits per heavy atom. The number of nitrogens with zero attached hydrogens (tertiary/aromatic N) is 2. The zero-order valence-electron chi connectivity index (χ0n) is 18.1. The van der Waals surface area contributed by atoms with Crippen molar-refractivity contribution in [2.75, 3.05) is 37.8 Å². The Bertz CT molecular complexity index is 1080. The maximum atomic E-state index is 12.8. The average molecular weight is 465 g/mol. The first kappa shape index (κ1) is 23.2. The molecule has 0 radical (unpaired) electrons. The number of sulfonamides is 1. The highest BCUT2D eigenvalue weighted by molar-refractivity contribution is 7.91. The van der Waals surface area contributed by atoms with Gasteiger partial charge in [-0.25, -0.2) is 17.5 Å². The SMILES string of the molecule is Cc1ccc(C)c(NC(=O)C2CCCN(C(=O)Nc3ccc(S(=O)(=O)N(C)C)s3)C2)c1. The van der Waals surface area contributed by atoms with Crippen LogP contribution in [0.4, 0.5) is 15.5 Å². The molecule has 1 aromatic carbocycles. The zero-order valence-corrected chi connectivity index (χ0v) is 19.8. The van der Waals surface area contributed by atoms with E-state index in [9.17, 15) is 18.0 Å². The van der Waals surface area contributed by atoms with Crippen molar-refractivity contribution in [1.29, 1.82) is 0 Å². The van der Waals surface area contributed by atoms with Crippen LogP contribution in [0.15, 0.2) is 34.5 Å². The first-order chi connectivity index (χ1) is 14.6. The molecule has 0 spiro atoms. The number of amides is 3. The van der Waals surface area contributed by atoms with Gasteiger partial charge in [-0.2, -0.15) is 0 Å². The molecule has 0 aliphatic carbocycles. The topological polar surface area (TPSA) is 98.8 Å². The molecule has 2 aromatic rings. The summed E-state index contributed by atoms with van der Waals surface area (Å²) in [7, 11) is -0.614. The number of hydrogen-bond donors (Lipinski definition) is 2. The van der Waals surface area contributed by atoms with E-state index in [2.05, 4.69) is 10.6 Å². The smallest absolute Gasteiger partial charge is 0.322 e. The van der Waals surface area contributed by atoms with Crippen molar-refractivity contribution >= 4 is 44.0 Å². The van der Waals surface area contributed by atoms with Gasteiger partial charge in [-0.15, -0.1) is 11.3 Å². The molecule has 1 atom stereocenters. The molecule has 168 valence electrons. The van der Waals surface area contributed by atoms with Crippen molar-refractivity contribution in [1.82, 2.24) is 9.21 Å². The number of piperidine rings is 1. The quantitative estimate of drug-likeness (QED) is 0.707. The molecule has 1 aliphatic heterocycles. The number of carbonyl (C=O) groups excluding carboxylic acids is 2. The van der Waals surface area contributed by atoms with Gasteiger partial charge in [0.2, 0.25) is 5.91 Å². The Labute approximate surface area is 187 Å². The molecule has 0 saturated carbocycles. The van der Waals surface area contributed by atoms with Crippen LogP contribution in [0.25, 0.3) is 0 Å². The van der Waals surface area contributed by atoms with Crippen molar-refractivity contribution in [3.8, 4) is 0 Å². The molecule has 1 saturated heterocycles. The van der Waals surface area contributed by atoms with Crippen molar-refractivity contribution in [3.05, 3.63) is 41.5 Å². The number of carbonyl (C=O) groups is 2. The van der Waals surface area contributed by atoms with Crippen LogP contribution in [0.5, 0.6) is 0 Å². The lowest BCUT2D eigenvalue weighted by Crippen LogP contribution is -2.45. The van der Waals surface area contributed by atoms with E-state index >= 15 is 0 Å². The van der Waals surface area contributed by atoms with Crippen LogP contribution in [0, 0.1) is 19.8 Å². The van der Waals surface area contributed by atoms with Crippen LogP contribution >= 0.6 is 11.3 Å². The fraction of sp³-hybridized carbons (Fsp3) is 0.429. The Hall–Kier alpha value is -2.43. The summed E-state index contributed by atoms with van der Waals surface area (Å²) in [6.07, 6.45) is 1.44. The maximum absolute atomic E-state index is 12.8. The van der Waals surface area contributed by atoms with Crippen LogP contribution < -0.4 is 10.6 Å². The van der Waals surface area contributed by atoms with Crippen molar-refractivity contribution in [2.45, 2.75) is 30.9 Å². The minimum atomic E-state index is -3.54. The summed E-state index contributed by atoms with van der Waals surface area (Å²) in [6.45, 7) is 4.78. The second-order valence-corrected chi connectivity index (χ2v) is 11.4. The second-order valence-electron chi connectivity index (χ2n) is 7.93. The molecular formula is C21H28N4O4S2. The average Bonchev–Trinajstić information content (AvgIpc) is 3.20. The van der Waals surface area contributed by atoms with Gasteiger partial charge in [-0.1, -0.05) is 12.1 Å². The van der Waals surface area contributed by atoms with Gasteiger partial charge in [0.05, 0.1) is 10.9 Å². The molecule has 1 fully saturated rings. The fourth-order valence-electron chi connectivity index (χ4n) is 3.37.